The monoisotopic (exact) mass is 663 g/mol. The number of aliphatic imine (C=N–C) groups is 1. The van der Waals surface area contributed by atoms with Crippen molar-refractivity contribution < 1.29 is 32.7 Å². The number of thiol groups is 1. The topological polar surface area (TPSA) is 99.1 Å². The number of rotatable bonds is 14. The number of alkyl halides is 3. The highest BCUT2D eigenvalue weighted by atomic mass is 32.1. The minimum absolute atomic E-state index is 0.00228. The van der Waals surface area contributed by atoms with Crippen LogP contribution < -0.4 is 5.32 Å². The van der Waals surface area contributed by atoms with Gasteiger partial charge in [-0.3, -0.25) is 19.5 Å². The number of benzene rings is 2. The van der Waals surface area contributed by atoms with E-state index in [2.05, 4.69) is 31.0 Å². The molecule has 1 amide bonds. The zero-order valence-corrected chi connectivity index (χ0v) is 28.3. The molecule has 1 aliphatic rings. The quantitative estimate of drug-likeness (QED) is 0.0945. The van der Waals surface area contributed by atoms with Gasteiger partial charge in [0.2, 0.25) is 0 Å². The molecule has 1 saturated carbocycles. The fourth-order valence-electron chi connectivity index (χ4n) is 6.10. The predicted molar refractivity (Wildman–Crippen MR) is 180 cm³/mol. The average Bonchev–Trinajstić information content (AvgIpc) is 3.07. The largest absolute Gasteiger partial charge is 0.416 e. The van der Waals surface area contributed by atoms with E-state index in [-0.39, 0.29) is 30.1 Å². The summed E-state index contributed by atoms with van der Waals surface area (Å²) in [5.74, 6) is 1.26. The fourth-order valence-corrected chi connectivity index (χ4v) is 6.38. The van der Waals surface area contributed by atoms with Crippen molar-refractivity contribution in [3.8, 4) is 0 Å². The van der Waals surface area contributed by atoms with Gasteiger partial charge in [-0.05, 0) is 74.4 Å². The second-order valence-corrected chi connectivity index (χ2v) is 12.6. The Morgan fingerprint density at radius 3 is 2.26 bits per heavy atom. The lowest BCUT2D eigenvalue weighted by Crippen LogP contribution is -2.53. The zero-order chi connectivity index (χ0) is 34.5. The van der Waals surface area contributed by atoms with E-state index in [4.69, 9.17) is 22.7 Å². The summed E-state index contributed by atoms with van der Waals surface area (Å²) in [6.07, 6.45) is 1.19. The first kappa shape index (κ1) is 39.2. The van der Waals surface area contributed by atoms with Gasteiger partial charge in [0.25, 0.3) is 5.91 Å². The summed E-state index contributed by atoms with van der Waals surface area (Å²) in [4.78, 5) is 42.5. The number of carbonyl (C=O) groups is 3. The molecule has 2 unspecified atom stereocenters. The lowest BCUT2D eigenvalue weighted by molar-refractivity contribution is -0.137. The van der Waals surface area contributed by atoms with Gasteiger partial charge in [0, 0.05) is 48.9 Å². The van der Waals surface area contributed by atoms with Crippen molar-refractivity contribution in [3.63, 3.8) is 0 Å². The molecule has 0 heterocycles. The Balaban J connectivity index is 0.00000361. The Morgan fingerprint density at radius 2 is 1.74 bits per heavy atom. The van der Waals surface area contributed by atoms with E-state index in [1.807, 2.05) is 19.2 Å². The molecule has 0 bridgehead atoms. The first-order chi connectivity index (χ1) is 21.8. The van der Waals surface area contributed by atoms with Crippen molar-refractivity contribution >= 4 is 36.8 Å². The van der Waals surface area contributed by atoms with Gasteiger partial charge in [0.05, 0.1) is 5.56 Å². The van der Waals surface area contributed by atoms with Crippen LogP contribution in [0.5, 0.6) is 0 Å². The van der Waals surface area contributed by atoms with Crippen LogP contribution in [0.3, 0.4) is 0 Å². The lowest BCUT2D eigenvalue weighted by atomic mass is 9.74. The molecule has 2 atom stereocenters. The lowest BCUT2D eigenvalue weighted by Gasteiger charge is -2.47. The van der Waals surface area contributed by atoms with Crippen molar-refractivity contribution in [1.29, 1.82) is 0 Å². The predicted octanol–water partition coefficient (Wildman–Crippen LogP) is 6.37. The number of aliphatic hydroxyl groups excluding tert-OH is 1. The van der Waals surface area contributed by atoms with Crippen LogP contribution >= 0.6 is 12.6 Å². The molecular weight excluding hydrogens is 615 g/mol. The molecule has 2 N–H and O–H groups in total. The second-order valence-electron chi connectivity index (χ2n) is 12.3. The van der Waals surface area contributed by atoms with Gasteiger partial charge in [0.15, 0.2) is 6.29 Å². The van der Waals surface area contributed by atoms with Crippen LogP contribution in [0.15, 0.2) is 53.5 Å². The summed E-state index contributed by atoms with van der Waals surface area (Å²) < 4.78 is 40.5. The maximum absolute atomic E-state index is 13.5. The number of likely N-dealkylation sites (N-methyl/N-ethyl adjacent to an activating group) is 1. The number of amides is 1. The van der Waals surface area contributed by atoms with Crippen LogP contribution in [0.1, 0.15) is 86.3 Å². The Kier molecular flexibility index (Phi) is 15.1. The minimum atomic E-state index is -4.53. The summed E-state index contributed by atoms with van der Waals surface area (Å²) in [6, 6.07) is 12.1. The van der Waals surface area contributed by atoms with Crippen LogP contribution in [-0.2, 0) is 21.2 Å². The molecular formula is C35H48F3N3O4S. The van der Waals surface area contributed by atoms with E-state index in [0.29, 0.717) is 48.8 Å². The molecule has 0 spiro atoms. The van der Waals surface area contributed by atoms with Gasteiger partial charge in [-0.25, -0.2) is 0 Å². The van der Waals surface area contributed by atoms with Crippen molar-refractivity contribution in [3.05, 3.63) is 70.8 Å². The third kappa shape index (κ3) is 9.99. The molecule has 0 saturated heterocycles. The Morgan fingerprint density at radius 1 is 1.11 bits per heavy atom. The fraction of sp³-hybridized carbons (Fsp3) is 0.543. The number of nitrogens with one attached hydrogen (secondary N) is 1. The molecule has 3 rings (SSSR count). The molecule has 0 radical (unpaired) electrons. The van der Waals surface area contributed by atoms with Gasteiger partial charge >= 0.3 is 6.18 Å². The summed E-state index contributed by atoms with van der Waals surface area (Å²) in [6.45, 7) is 7.27. The van der Waals surface area contributed by atoms with Crippen LogP contribution in [0.25, 0.3) is 0 Å². The summed E-state index contributed by atoms with van der Waals surface area (Å²) in [7, 11) is 2.96. The normalized spacial score (nSPS) is 20.6. The second kappa shape index (κ2) is 17.8. The molecule has 2 aromatic carbocycles. The average molecular weight is 664 g/mol. The molecule has 1 aliphatic carbocycles. The smallest absolute Gasteiger partial charge is 0.400 e. The molecule has 46 heavy (non-hydrogen) atoms. The standard InChI is InChI=1S/C34H44F3N3O3S.CH4O/c1-5-24(2)25-14-16-33(17-15-25,39-30(21-42)27-8-6-9-29(20-27)34(35,36)37)40(4)22-32(3,23-44)28-12-10-26(11-13-28)31(43)38-18-7-19-41;1-2/h6,8-13,19-21,24-25,44H,5,7,14-18,22-23H2,1-4H3,(H,38,43);2H,1H3/b39-30+;. The van der Waals surface area contributed by atoms with E-state index in [1.54, 1.807) is 12.1 Å². The molecule has 2 aromatic rings. The molecule has 1 fully saturated rings. The SMILES string of the molecule is CCC(C)C1CCC(/N=C(\C=O)c2cccc(C(F)(F)F)c2)(N(C)CC(C)(CS)c2ccc(C(=O)NCCC=O)cc2)CC1.CO. The third-order valence-electron chi connectivity index (χ3n) is 9.24. The highest BCUT2D eigenvalue weighted by Gasteiger charge is 2.43. The maximum Gasteiger partial charge on any atom is 0.416 e. The third-order valence-corrected chi connectivity index (χ3v) is 9.94. The number of aldehydes is 2. The molecule has 0 aromatic heterocycles. The van der Waals surface area contributed by atoms with Crippen LogP contribution in [0, 0.1) is 11.8 Å². The summed E-state index contributed by atoms with van der Waals surface area (Å²) in [5.41, 5.74) is -0.501. The molecule has 0 aliphatic heterocycles. The maximum atomic E-state index is 13.5. The number of hydrogen-bond donors (Lipinski definition) is 3. The van der Waals surface area contributed by atoms with Crippen molar-refractivity contribution in [2.24, 2.45) is 16.8 Å². The summed E-state index contributed by atoms with van der Waals surface area (Å²) >= 11 is 4.70. The number of nitrogens with zero attached hydrogens (tertiary/aromatic N) is 2. The van der Waals surface area contributed by atoms with E-state index in [1.165, 1.54) is 12.1 Å². The van der Waals surface area contributed by atoms with Gasteiger partial charge in [-0.15, -0.1) is 0 Å². The van der Waals surface area contributed by atoms with Gasteiger partial charge < -0.3 is 15.2 Å². The minimum Gasteiger partial charge on any atom is -0.400 e. The van der Waals surface area contributed by atoms with Crippen LogP contribution in [0.2, 0.25) is 0 Å². The van der Waals surface area contributed by atoms with E-state index in [9.17, 15) is 27.6 Å². The highest BCUT2D eigenvalue weighted by Crippen LogP contribution is 2.42. The number of aliphatic hydroxyl groups is 1. The molecule has 11 heteroatoms. The van der Waals surface area contributed by atoms with Crippen LogP contribution in [-0.4, -0.2) is 72.9 Å². The first-order valence-electron chi connectivity index (χ1n) is 15.6. The van der Waals surface area contributed by atoms with Gasteiger partial charge in [0.1, 0.15) is 17.7 Å². The number of carbonyl (C=O) groups excluding carboxylic acids is 3. The molecule has 254 valence electrons. The van der Waals surface area contributed by atoms with Gasteiger partial charge in [-0.2, -0.15) is 25.8 Å². The van der Waals surface area contributed by atoms with Gasteiger partial charge in [-0.1, -0.05) is 51.5 Å². The summed E-state index contributed by atoms with van der Waals surface area (Å²) in [5, 5.41) is 9.72. The highest BCUT2D eigenvalue weighted by molar-refractivity contribution is 7.80. The zero-order valence-electron chi connectivity index (χ0n) is 27.4. The van der Waals surface area contributed by atoms with Crippen molar-refractivity contribution in [2.45, 2.75) is 76.6 Å². The first-order valence-corrected chi connectivity index (χ1v) is 16.3. The van der Waals surface area contributed by atoms with E-state index >= 15 is 0 Å². The van der Waals surface area contributed by atoms with E-state index in [0.717, 1.165) is 50.4 Å². The Labute approximate surface area is 276 Å². The number of halogens is 3. The van der Waals surface area contributed by atoms with Crippen molar-refractivity contribution in [1.82, 2.24) is 10.2 Å². The number of hydrogen-bond acceptors (Lipinski definition) is 7. The van der Waals surface area contributed by atoms with E-state index < -0.39 is 22.8 Å². The van der Waals surface area contributed by atoms with Crippen molar-refractivity contribution in [2.75, 3.05) is 33.0 Å². The van der Waals surface area contributed by atoms with Crippen LogP contribution in [0.4, 0.5) is 13.2 Å². The molecule has 7 nitrogen and oxygen atoms in total. The Hall–Kier alpha value is -3.02. The Bertz CT molecular complexity index is 1310.